The zero-order chi connectivity index (χ0) is 20.5. The maximum Gasteiger partial charge on any atom is 0.233 e. The summed E-state index contributed by atoms with van der Waals surface area (Å²) >= 11 is 0. The van der Waals surface area contributed by atoms with Crippen molar-refractivity contribution in [1.82, 2.24) is 19.9 Å². The molecule has 1 aliphatic carbocycles. The normalized spacial score (nSPS) is 17.8. The van der Waals surface area contributed by atoms with Crippen molar-refractivity contribution in [1.29, 1.82) is 0 Å². The first-order valence-electron chi connectivity index (χ1n) is 10.8. The molecule has 0 bridgehead atoms. The number of hydrogen-bond donors (Lipinski definition) is 2. The van der Waals surface area contributed by atoms with Gasteiger partial charge in [0.2, 0.25) is 17.8 Å². The Morgan fingerprint density at radius 1 is 0.900 bits per heavy atom. The van der Waals surface area contributed by atoms with E-state index in [1.165, 1.54) is 23.6 Å². The van der Waals surface area contributed by atoms with Crippen LogP contribution in [0.1, 0.15) is 25.7 Å². The summed E-state index contributed by atoms with van der Waals surface area (Å²) in [5, 5.41) is 9.25. The van der Waals surface area contributed by atoms with Crippen LogP contribution in [-0.4, -0.2) is 59.1 Å². The molecule has 156 valence electrons. The summed E-state index contributed by atoms with van der Waals surface area (Å²) in [5.41, 5.74) is 0.977. The van der Waals surface area contributed by atoms with Gasteiger partial charge in [0.05, 0.1) is 0 Å². The second-order valence-electron chi connectivity index (χ2n) is 8.53. The number of aromatic nitrogens is 3. The summed E-state index contributed by atoms with van der Waals surface area (Å²) < 4.78 is 0. The van der Waals surface area contributed by atoms with Crippen LogP contribution in [0.4, 0.5) is 23.5 Å². The Morgan fingerprint density at radius 2 is 1.63 bits per heavy atom. The van der Waals surface area contributed by atoms with Gasteiger partial charge in [0.25, 0.3) is 0 Å². The molecule has 0 amide bonds. The highest BCUT2D eigenvalue weighted by molar-refractivity contribution is 5.86. The van der Waals surface area contributed by atoms with Crippen LogP contribution in [0.5, 0.6) is 0 Å². The van der Waals surface area contributed by atoms with E-state index in [1.807, 2.05) is 0 Å². The molecule has 5 rings (SSSR count). The average Bonchev–Trinajstić information content (AvgIpc) is 3.57. The van der Waals surface area contributed by atoms with Gasteiger partial charge in [-0.3, -0.25) is 0 Å². The molecular formula is C23H29N7. The van der Waals surface area contributed by atoms with Crippen molar-refractivity contribution in [3.63, 3.8) is 0 Å². The molecule has 2 aliphatic rings. The molecule has 0 unspecified atom stereocenters. The number of likely N-dealkylation sites (tertiary alicyclic amines) is 1. The SMILES string of the molecule is CN1CCC(N(C)c2nc(Nc3ccc4ccccc4c3)nc(NC3CC3)n2)CC1. The molecule has 0 atom stereocenters. The third-order valence-electron chi connectivity index (χ3n) is 6.09. The maximum atomic E-state index is 4.77. The number of anilines is 4. The maximum absolute atomic E-state index is 4.77. The third kappa shape index (κ3) is 4.31. The lowest BCUT2D eigenvalue weighted by Gasteiger charge is -2.35. The van der Waals surface area contributed by atoms with Crippen molar-refractivity contribution in [2.75, 3.05) is 42.7 Å². The van der Waals surface area contributed by atoms with Crippen LogP contribution in [0.2, 0.25) is 0 Å². The lowest BCUT2D eigenvalue weighted by atomic mass is 10.0. The van der Waals surface area contributed by atoms with Crippen molar-refractivity contribution in [3.8, 4) is 0 Å². The van der Waals surface area contributed by atoms with E-state index in [4.69, 9.17) is 9.97 Å². The van der Waals surface area contributed by atoms with Crippen molar-refractivity contribution < 1.29 is 0 Å². The quantitative estimate of drug-likeness (QED) is 0.647. The fourth-order valence-corrected chi connectivity index (χ4v) is 3.99. The van der Waals surface area contributed by atoms with Crippen LogP contribution in [0.15, 0.2) is 42.5 Å². The number of benzene rings is 2. The smallest absolute Gasteiger partial charge is 0.233 e. The van der Waals surface area contributed by atoms with Gasteiger partial charge >= 0.3 is 0 Å². The first kappa shape index (κ1) is 19.1. The van der Waals surface area contributed by atoms with E-state index in [0.717, 1.165) is 37.6 Å². The van der Waals surface area contributed by atoms with Crippen LogP contribution in [-0.2, 0) is 0 Å². The Morgan fingerprint density at radius 3 is 2.40 bits per heavy atom. The molecule has 1 saturated carbocycles. The predicted molar refractivity (Wildman–Crippen MR) is 123 cm³/mol. The second-order valence-corrected chi connectivity index (χ2v) is 8.53. The van der Waals surface area contributed by atoms with E-state index in [-0.39, 0.29) is 0 Å². The lowest BCUT2D eigenvalue weighted by Crippen LogP contribution is -2.42. The van der Waals surface area contributed by atoms with Crippen molar-refractivity contribution >= 4 is 34.3 Å². The van der Waals surface area contributed by atoms with E-state index >= 15 is 0 Å². The lowest BCUT2D eigenvalue weighted by molar-refractivity contribution is 0.252. The highest BCUT2D eigenvalue weighted by atomic mass is 15.3. The van der Waals surface area contributed by atoms with Crippen LogP contribution >= 0.6 is 0 Å². The predicted octanol–water partition coefficient (Wildman–Crippen LogP) is 3.87. The van der Waals surface area contributed by atoms with Crippen LogP contribution in [0.3, 0.4) is 0 Å². The standard InChI is InChI=1S/C23H29N7/c1-29-13-11-20(12-14-29)30(2)23-27-21(24-18-9-10-18)26-22(28-23)25-19-8-7-16-5-3-4-6-17(16)15-19/h3-8,15,18,20H,9-14H2,1-2H3,(H2,24,25,26,27,28). The molecule has 3 aromatic rings. The molecule has 30 heavy (non-hydrogen) atoms. The van der Waals surface area contributed by atoms with Crippen LogP contribution < -0.4 is 15.5 Å². The summed E-state index contributed by atoms with van der Waals surface area (Å²) in [7, 11) is 4.29. The fraction of sp³-hybridized carbons (Fsp3) is 0.435. The topological polar surface area (TPSA) is 69.2 Å². The average molecular weight is 404 g/mol. The Bertz CT molecular complexity index is 1020. The Balaban J connectivity index is 1.42. The van der Waals surface area contributed by atoms with Gasteiger partial charge in [-0.25, -0.2) is 0 Å². The zero-order valence-electron chi connectivity index (χ0n) is 17.7. The number of nitrogens with zero attached hydrogens (tertiary/aromatic N) is 5. The minimum absolute atomic E-state index is 0.450. The number of fused-ring (bicyclic) bond motifs is 1. The molecule has 1 saturated heterocycles. The minimum Gasteiger partial charge on any atom is -0.351 e. The van der Waals surface area contributed by atoms with E-state index in [9.17, 15) is 0 Å². The second kappa shape index (κ2) is 8.07. The van der Waals surface area contributed by atoms with Gasteiger partial charge in [-0.1, -0.05) is 30.3 Å². The molecule has 2 aromatic carbocycles. The summed E-state index contributed by atoms with van der Waals surface area (Å²) in [5.74, 6) is 1.97. The molecule has 7 heteroatoms. The monoisotopic (exact) mass is 403 g/mol. The highest BCUT2D eigenvalue weighted by Crippen LogP contribution is 2.27. The molecule has 0 spiro atoms. The van der Waals surface area contributed by atoms with E-state index in [1.54, 1.807) is 0 Å². The van der Waals surface area contributed by atoms with E-state index in [0.29, 0.717) is 24.0 Å². The summed E-state index contributed by atoms with van der Waals surface area (Å²) in [6, 6.07) is 15.6. The molecule has 7 nitrogen and oxygen atoms in total. The summed E-state index contributed by atoms with van der Waals surface area (Å²) in [4.78, 5) is 18.8. The van der Waals surface area contributed by atoms with Gasteiger partial charge in [0, 0.05) is 24.8 Å². The Kier molecular flexibility index (Phi) is 5.12. The first-order chi connectivity index (χ1) is 14.6. The van der Waals surface area contributed by atoms with Crippen molar-refractivity contribution in [2.24, 2.45) is 0 Å². The van der Waals surface area contributed by atoms with Gasteiger partial charge in [-0.05, 0) is 68.7 Å². The minimum atomic E-state index is 0.450. The Hall–Kier alpha value is -2.93. The van der Waals surface area contributed by atoms with Crippen LogP contribution in [0.25, 0.3) is 10.8 Å². The number of piperidine rings is 1. The van der Waals surface area contributed by atoms with Gasteiger partial charge in [-0.2, -0.15) is 15.0 Å². The molecule has 0 radical (unpaired) electrons. The molecule has 2 fully saturated rings. The Labute approximate surface area is 177 Å². The third-order valence-corrected chi connectivity index (χ3v) is 6.09. The molecule has 2 heterocycles. The zero-order valence-corrected chi connectivity index (χ0v) is 17.7. The number of nitrogens with one attached hydrogen (secondary N) is 2. The highest BCUT2D eigenvalue weighted by Gasteiger charge is 2.25. The van der Waals surface area contributed by atoms with Gasteiger partial charge < -0.3 is 20.4 Å². The summed E-state index contributed by atoms with van der Waals surface area (Å²) in [6.45, 7) is 2.21. The summed E-state index contributed by atoms with van der Waals surface area (Å²) in [6.07, 6.45) is 4.60. The molecular weight excluding hydrogens is 374 g/mol. The van der Waals surface area contributed by atoms with E-state index < -0.39 is 0 Å². The van der Waals surface area contributed by atoms with Crippen molar-refractivity contribution in [2.45, 2.75) is 37.8 Å². The van der Waals surface area contributed by atoms with Crippen molar-refractivity contribution in [3.05, 3.63) is 42.5 Å². The molecule has 1 aliphatic heterocycles. The van der Waals surface area contributed by atoms with Gasteiger partial charge in [0.15, 0.2) is 0 Å². The largest absolute Gasteiger partial charge is 0.351 e. The van der Waals surface area contributed by atoms with E-state index in [2.05, 4.69) is 82.0 Å². The molecule has 2 N–H and O–H groups in total. The van der Waals surface area contributed by atoms with Gasteiger partial charge in [0.1, 0.15) is 0 Å². The van der Waals surface area contributed by atoms with Crippen LogP contribution in [0, 0.1) is 0 Å². The van der Waals surface area contributed by atoms with Gasteiger partial charge in [-0.15, -0.1) is 0 Å². The molecule has 1 aromatic heterocycles. The fourth-order valence-electron chi connectivity index (χ4n) is 3.99. The first-order valence-corrected chi connectivity index (χ1v) is 10.8. The number of hydrogen-bond acceptors (Lipinski definition) is 7. The number of rotatable bonds is 6.